The molecule has 0 heterocycles. The van der Waals surface area contributed by atoms with Crippen molar-refractivity contribution >= 4 is 21.9 Å². The van der Waals surface area contributed by atoms with E-state index in [0.717, 1.165) is 24.6 Å². The second kappa shape index (κ2) is 6.02. The molecule has 0 aliphatic heterocycles. The molecule has 3 heteroatoms. The second-order valence-corrected chi connectivity index (χ2v) is 4.11. The smallest absolute Gasteiger partial charge is 0.307 e. The Kier molecular flexibility index (Phi) is 4.94. The third-order valence-corrected chi connectivity index (χ3v) is 2.85. The van der Waals surface area contributed by atoms with Crippen molar-refractivity contribution in [3.05, 3.63) is 24.3 Å². The zero-order valence-electron chi connectivity index (χ0n) is 8.03. The zero-order valence-corrected chi connectivity index (χ0v) is 9.61. The SMILES string of the molecule is O=C(O)C1CCCC=CC1C=CCBr. The van der Waals surface area contributed by atoms with E-state index in [1.165, 1.54) is 0 Å². The molecule has 2 unspecified atom stereocenters. The fourth-order valence-corrected chi connectivity index (χ4v) is 1.95. The van der Waals surface area contributed by atoms with E-state index in [9.17, 15) is 4.79 Å². The summed E-state index contributed by atoms with van der Waals surface area (Å²) in [5.74, 6) is -0.864. The van der Waals surface area contributed by atoms with Gasteiger partial charge in [0.2, 0.25) is 0 Å². The summed E-state index contributed by atoms with van der Waals surface area (Å²) in [5, 5.41) is 9.83. The van der Waals surface area contributed by atoms with Crippen LogP contribution in [0.5, 0.6) is 0 Å². The molecular weight excluding hydrogens is 244 g/mol. The van der Waals surface area contributed by atoms with Gasteiger partial charge in [0.05, 0.1) is 5.92 Å². The van der Waals surface area contributed by atoms with Gasteiger partial charge >= 0.3 is 5.97 Å². The summed E-state index contributed by atoms with van der Waals surface area (Å²) in [7, 11) is 0. The van der Waals surface area contributed by atoms with Crippen LogP contribution >= 0.6 is 15.9 Å². The number of halogens is 1. The Bertz CT molecular complexity index is 246. The van der Waals surface area contributed by atoms with Crippen LogP contribution in [0.3, 0.4) is 0 Å². The first kappa shape index (κ1) is 11.5. The Morgan fingerprint density at radius 1 is 1.64 bits per heavy atom. The molecule has 0 spiro atoms. The largest absolute Gasteiger partial charge is 0.481 e. The van der Waals surface area contributed by atoms with Gasteiger partial charge in [0, 0.05) is 11.2 Å². The molecule has 0 aromatic rings. The van der Waals surface area contributed by atoms with Gasteiger partial charge in [-0.3, -0.25) is 4.79 Å². The van der Waals surface area contributed by atoms with Gasteiger partial charge in [-0.05, 0) is 19.3 Å². The number of hydrogen-bond acceptors (Lipinski definition) is 1. The molecule has 0 radical (unpaired) electrons. The number of aliphatic carboxylic acids is 1. The van der Waals surface area contributed by atoms with Crippen LogP contribution < -0.4 is 0 Å². The van der Waals surface area contributed by atoms with E-state index in [1.807, 2.05) is 18.2 Å². The van der Waals surface area contributed by atoms with E-state index >= 15 is 0 Å². The Balaban J connectivity index is 2.72. The summed E-state index contributed by atoms with van der Waals surface area (Å²) in [6.45, 7) is 0. The van der Waals surface area contributed by atoms with E-state index < -0.39 is 5.97 Å². The molecule has 0 saturated heterocycles. The summed E-state index contributed by atoms with van der Waals surface area (Å²) in [5.41, 5.74) is 0. The Labute approximate surface area is 92.8 Å². The van der Waals surface area contributed by atoms with Gasteiger partial charge in [-0.25, -0.2) is 0 Å². The molecular formula is C11H15BrO2. The third-order valence-electron chi connectivity index (χ3n) is 2.47. The van der Waals surface area contributed by atoms with Gasteiger partial charge in [0.1, 0.15) is 0 Å². The minimum atomic E-state index is -0.680. The molecule has 0 aromatic carbocycles. The number of carbonyl (C=O) groups is 1. The number of carboxylic acid groups (broad SMARTS) is 1. The first-order valence-electron chi connectivity index (χ1n) is 4.88. The molecule has 2 atom stereocenters. The molecule has 0 amide bonds. The highest BCUT2D eigenvalue weighted by Crippen LogP contribution is 2.25. The lowest BCUT2D eigenvalue weighted by Crippen LogP contribution is -2.20. The molecule has 0 saturated carbocycles. The maximum atomic E-state index is 11.0. The topological polar surface area (TPSA) is 37.3 Å². The quantitative estimate of drug-likeness (QED) is 0.625. The average Bonchev–Trinajstić information content (AvgIpc) is 2.39. The summed E-state index contributed by atoms with van der Waals surface area (Å²) in [6, 6.07) is 0. The van der Waals surface area contributed by atoms with Crippen molar-refractivity contribution in [2.75, 3.05) is 5.33 Å². The van der Waals surface area contributed by atoms with Crippen LogP contribution in [0, 0.1) is 11.8 Å². The van der Waals surface area contributed by atoms with E-state index in [1.54, 1.807) is 0 Å². The third kappa shape index (κ3) is 3.29. The van der Waals surface area contributed by atoms with Gasteiger partial charge in [0.25, 0.3) is 0 Å². The first-order chi connectivity index (χ1) is 6.75. The van der Waals surface area contributed by atoms with Crippen molar-refractivity contribution in [2.24, 2.45) is 11.8 Å². The van der Waals surface area contributed by atoms with Gasteiger partial charge in [-0.2, -0.15) is 0 Å². The molecule has 14 heavy (non-hydrogen) atoms. The normalized spacial score (nSPS) is 27.8. The summed E-state index contributed by atoms with van der Waals surface area (Å²) >= 11 is 3.29. The predicted octanol–water partition coefficient (Wildman–Crippen LogP) is 2.99. The van der Waals surface area contributed by atoms with Gasteiger partial charge in [-0.15, -0.1) is 0 Å². The highest BCUT2D eigenvalue weighted by molar-refractivity contribution is 9.09. The lowest BCUT2D eigenvalue weighted by atomic mass is 9.89. The van der Waals surface area contributed by atoms with Gasteiger partial charge < -0.3 is 5.11 Å². The van der Waals surface area contributed by atoms with Crippen molar-refractivity contribution in [1.82, 2.24) is 0 Å². The van der Waals surface area contributed by atoms with E-state index in [-0.39, 0.29) is 11.8 Å². The summed E-state index contributed by atoms with van der Waals surface area (Å²) < 4.78 is 0. The highest BCUT2D eigenvalue weighted by atomic mass is 79.9. The Hall–Kier alpha value is -0.570. The van der Waals surface area contributed by atoms with Crippen molar-refractivity contribution in [2.45, 2.75) is 19.3 Å². The fourth-order valence-electron chi connectivity index (χ4n) is 1.73. The molecule has 1 rings (SSSR count). The lowest BCUT2D eigenvalue weighted by Gasteiger charge is -2.15. The maximum Gasteiger partial charge on any atom is 0.307 e. The standard InChI is InChI=1S/C11H15BrO2/c12-8-4-6-9-5-2-1-3-7-10(9)11(13)14/h2,4-6,9-10H,1,3,7-8H2,(H,13,14). The van der Waals surface area contributed by atoms with Crippen LogP contribution in [0.25, 0.3) is 0 Å². The molecule has 1 aliphatic carbocycles. The van der Waals surface area contributed by atoms with Crippen molar-refractivity contribution in [1.29, 1.82) is 0 Å². The van der Waals surface area contributed by atoms with E-state index in [4.69, 9.17) is 5.11 Å². The molecule has 1 N–H and O–H groups in total. The second-order valence-electron chi connectivity index (χ2n) is 3.46. The lowest BCUT2D eigenvalue weighted by molar-refractivity contribution is -0.142. The number of alkyl halides is 1. The molecule has 0 bridgehead atoms. The number of rotatable bonds is 3. The molecule has 1 aliphatic rings. The minimum absolute atomic E-state index is 0.0625. The molecule has 78 valence electrons. The van der Waals surface area contributed by atoms with Crippen LogP contribution in [-0.2, 0) is 4.79 Å². The van der Waals surface area contributed by atoms with E-state index in [0.29, 0.717) is 0 Å². The Morgan fingerprint density at radius 3 is 3.07 bits per heavy atom. The number of allylic oxidation sites excluding steroid dienone is 4. The highest BCUT2D eigenvalue weighted by Gasteiger charge is 2.24. The van der Waals surface area contributed by atoms with Crippen LogP contribution in [0.1, 0.15) is 19.3 Å². The van der Waals surface area contributed by atoms with Crippen LogP contribution in [0.2, 0.25) is 0 Å². The minimum Gasteiger partial charge on any atom is -0.481 e. The van der Waals surface area contributed by atoms with Gasteiger partial charge in [-0.1, -0.05) is 40.2 Å². The van der Waals surface area contributed by atoms with Crippen molar-refractivity contribution < 1.29 is 9.90 Å². The number of hydrogen-bond donors (Lipinski definition) is 1. The zero-order chi connectivity index (χ0) is 10.4. The average molecular weight is 259 g/mol. The predicted molar refractivity (Wildman–Crippen MR) is 60.5 cm³/mol. The maximum absolute atomic E-state index is 11.0. The summed E-state index contributed by atoms with van der Waals surface area (Å²) in [6.07, 6.45) is 10.8. The molecule has 0 aromatic heterocycles. The summed E-state index contributed by atoms with van der Waals surface area (Å²) in [4.78, 5) is 11.0. The van der Waals surface area contributed by atoms with Crippen LogP contribution in [0.4, 0.5) is 0 Å². The van der Waals surface area contributed by atoms with Crippen LogP contribution in [-0.4, -0.2) is 16.4 Å². The van der Waals surface area contributed by atoms with Gasteiger partial charge in [0.15, 0.2) is 0 Å². The fraction of sp³-hybridized carbons (Fsp3) is 0.545. The van der Waals surface area contributed by atoms with Crippen molar-refractivity contribution in [3.63, 3.8) is 0 Å². The Morgan fingerprint density at radius 2 is 2.43 bits per heavy atom. The van der Waals surface area contributed by atoms with Crippen LogP contribution in [0.15, 0.2) is 24.3 Å². The molecule has 2 nitrogen and oxygen atoms in total. The number of carboxylic acids is 1. The monoisotopic (exact) mass is 258 g/mol. The first-order valence-corrected chi connectivity index (χ1v) is 6.00. The van der Waals surface area contributed by atoms with E-state index in [2.05, 4.69) is 22.0 Å². The van der Waals surface area contributed by atoms with Crippen molar-refractivity contribution in [3.8, 4) is 0 Å². The molecule has 0 fully saturated rings.